The van der Waals surface area contributed by atoms with Gasteiger partial charge in [0.2, 0.25) is 0 Å². The monoisotopic (exact) mass is 268 g/mol. The molecule has 3 unspecified atom stereocenters. The number of nitrogens with one attached hydrogen (secondary N) is 2. The largest absolute Gasteiger partial charge is 0.444 e. The summed E-state index contributed by atoms with van der Waals surface area (Å²) in [6.45, 7) is 10.3. The van der Waals surface area contributed by atoms with E-state index in [1.54, 1.807) is 0 Å². The Balaban J connectivity index is 1.72. The Bertz CT molecular complexity index is 347. The van der Waals surface area contributed by atoms with E-state index < -0.39 is 5.60 Å². The van der Waals surface area contributed by atoms with E-state index >= 15 is 0 Å². The first-order valence-electron chi connectivity index (χ1n) is 7.43. The van der Waals surface area contributed by atoms with Gasteiger partial charge in [0.25, 0.3) is 0 Å². The summed E-state index contributed by atoms with van der Waals surface area (Å²) in [6.07, 6.45) is 4.57. The minimum atomic E-state index is -0.421. The van der Waals surface area contributed by atoms with E-state index in [-0.39, 0.29) is 12.1 Å². The molecule has 0 spiro atoms. The molecule has 1 amide bonds. The van der Waals surface area contributed by atoms with Gasteiger partial charge in [-0.15, -0.1) is 0 Å². The van der Waals surface area contributed by atoms with E-state index in [0.29, 0.717) is 17.5 Å². The lowest BCUT2D eigenvalue weighted by molar-refractivity contribution is 0.0521. The Hall–Kier alpha value is -0.770. The van der Waals surface area contributed by atoms with Crippen LogP contribution in [-0.4, -0.2) is 29.8 Å². The Labute approximate surface area is 116 Å². The van der Waals surface area contributed by atoms with Gasteiger partial charge in [-0.2, -0.15) is 0 Å². The lowest BCUT2D eigenvalue weighted by Gasteiger charge is -2.28. The quantitative estimate of drug-likeness (QED) is 0.827. The topological polar surface area (TPSA) is 50.4 Å². The molecule has 0 saturated heterocycles. The summed E-state index contributed by atoms with van der Waals surface area (Å²) in [6, 6.07) is 1.25. The normalized spacial score (nSPS) is 33.0. The average molecular weight is 268 g/mol. The summed E-state index contributed by atoms with van der Waals surface area (Å²) in [7, 11) is 0. The number of rotatable bonds is 3. The van der Waals surface area contributed by atoms with E-state index in [9.17, 15) is 4.79 Å². The molecule has 0 aromatic rings. The van der Waals surface area contributed by atoms with Crippen LogP contribution in [0.25, 0.3) is 0 Å². The summed E-state index contributed by atoms with van der Waals surface area (Å²) in [5.41, 5.74) is -0.0333. The average Bonchev–Trinajstić information content (AvgIpc) is 2.81. The van der Waals surface area contributed by atoms with Crippen LogP contribution in [0, 0.1) is 5.41 Å². The molecule has 0 aromatic carbocycles. The zero-order valence-corrected chi connectivity index (χ0v) is 12.9. The van der Waals surface area contributed by atoms with Crippen LogP contribution < -0.4 is 10.6 Å². The zero-order valence-electron chi connectivity index (χ0n) is 12.9. The third kappa shape index (κ3) is 4.10. The van der Waals surface area contributed by atoms with Gasteiger partial charge in [0.05, 0.1) is 0 Å². The van der Waals surface area contributed by atoms with Crippen LogP contribution in [0.1, 0.15) is 60.3 Å². The van der Waals surface area contributed by atoms with E-state index in [0.717, 1.165) is 6.42 Å². The van der Waals surface area contributed by atoms with Crippen molar-refractivity contribution in [3.05, 3.63) is 0 Å². The van der Waals surface area contributed by atoms with Crippen LogP contribution in [0.2, 0.25) is 0 Å². The first kappa shape index (κ1) is 14.6. The molecule has 0 bridgehead atoms. The molecule has 0 aromatic heterocycles. The number of hydrogen-bond donors (Lipinski definition) is 2. The van der Waals surface area contributed by atoms with Gasteiger partial charge in [-0.1, -0.05) is 20.3 Å². The number of carbonyl (C=O) groups excluding carboxylic acids is 1. The highest BCUT2D eigenvalue weighted by Gasteiger charge is 2.44. The zero-order chi connectivity index (χ0) is 14.3. The SMILES string of the molecule is CC(C)(C)OC(=O)NC1CC1NC1CCCC1(C)C. The molecule has 2 aliphatic rings. The number of carbonyl (C=O) groups is 1. The molecule has 0 radical (unpaired) electrons. The molecular formula is C15H28N2O2. The standard InChI is InChI=1S/C15H28N2O2/c1-14(2,3)19-13(18)17-11-9-10(11)16-12-7-6-8-15(12,4)5/h10-12,16H,6-9H2,1-5H3,(H,17,18). The van der Waals surface area contributed by atoms with Gasteiger partial charge in [-0.3, -0.25) is 0 Å². The van der Waals surface area contributed by atoms with Crippen molar-refractivity contribution in [3.8, 4) is 0 Å². The van der Waals surface area contributed by atoms with Crippen molar-refractivity contribution in [2.24, 2.45) is 5.41 Å². The van der Waals surface area contributed by atoms with Crippen molar-refractivity contribution >= 4 is 6.09 Å². The minimum absolute atomic E-state index is 0.242. The van der Waals surface area contributed by atoms with E-state index in [1.165, 1.54) is 19.3 Å². The Morgan fingerprint density at radius 3 is 2.47 bits per heavy atom. The summed E-state index contributed by atoms with van der Waals surface area (Å²) >= 11 is 0. The fourth-order valence-corrected chi connectivity index (χ4v) is 2.89. The van der Waals surface area contributed by atoms with Gasteiger partial charge in [-0.05, 0) is 45.4 Å². The first-order valence-corrected chi connectivity index (χ1v) is 7.43. The summed E-state index contributed by atoms with van der Waals surface area (Å²) in [5, 5.41) is 6.63. The second kappa shape index (κ2) is 4.97. The maximum Gasteiger partial charge on any atom is 0.407 e. The number of amides is 1. The Morgan fingerprint density at radius 2 is 1.95 bits per heavy atom. The second-order valence-electron chi connectivity index (χ2n) is 7.69. The Morgan fingerprint density at radius 1 is 1.26 bits per heavy atom. The fraction of sp³-hybridized carbons (Fsp3) is 0.933. The number of alkyl carbamates (subject to hydrolysis) is 1. The van der Waals surface area contributed by atoms with E-state index in [1.807, 2.05) is 20.8 Å². The smallest absolute Gasteiger partial charge is 0.407 e. The van der Waals surface area contributed by atoms with Crippen molar-refractivity contribution in [2.75, 3.05) is 0 Å². The molecule has 110 valence electrons. The van der Waals surface area contributed by atoms with Crippen molar-refractivity contribution in [3.63, 3.8) is 0 Å². The molecule has 19 heavy (non-hydrogen) atoms. The highest BCUT2D eigenvalue weighted by Crippen LogP contribution is 2.39. The molecular weight excluding hydrogens is 240 g/mol. The van der Waals surface area contributed by atoms with Crippen LogP contribution in [0.4, 0.5) is 4.79 Å². The van der Waals surface area contributed by atoms with Gasteiger partial charge in [0.15, 0.2) is 0 Å². The molecule has 2 rings (SSSR count). The van der Waals surface area contributed by atoms with Crippen LogP contribution in [0.3, 0.4) is 0 Å². The summed E-state index contributed by atoms with van der Waals surface area (Å²) in [4.78, 5) is 11.7. The van der Waals surface area contributed by atoms with Crippen molar-refractivity contribution < 1.29 is 9.53 Å². The molecule has 2 saturated carbocycles. The molecule has 3 atom stereocenters. The van der Waals surface area contributed by atoms with Crippen LogP contribution in [0.5, 0.6) is 0 Å². The van der Waals surface area contributed by atoms with Gasteiger partial charge < -0.3 is 15.4 Å². The maximum atomic E-state index is 11.7. The van der Waals surface area contributed by atoms with Gasteiger partial charge in [-0.25, -0.2) is 4.79 Å². The number of hydrogen-bond acceptors (Lipinski definition) is 3. The second-order valence-corrected chi connectivity index (χ2v) is 7.69. The van der Waals surface area contributed by atoms with Crippen LogP contribution in [0.15, 0.2) is 0 Å². The predicted octanol–water partition coefficient (Wildman–Crippen LogP) is 2.82. The molecule has 0 aliphatic heterocycles. The first-order chi connectivity index (χ1) is 8.67. The van der Waals surface area contributed by atoms with Gasteiger partial charge >= 0.3 is 6.09 Å². The van der Waals surface area contributed by atoms with Crippen molar-refractivity contribution in [1.82, 2.24) is 10.6 Å². The maximum absolute atomic E-state index is 11.7. The number of ether oxygens (including phenoxy) is 1. The molecule has 4 nitrogen and oxygen atoms in total. The molecule has 2 fully saturated rings. The van der Waals surface area contributed by atoms with Crippen LogP contribution in [-0.2, 0) is 4.74 Å². The molecule has 4 heteroatoms. The van der Waals surface area contributed by atoms with Gasteiger partial charge in [0.1, 0.15) is 5.60 Å². The molecule has 2 N–H and O–H groups in total. The summed E-state index contributed by atoms with van der Waals surface area (Å²) < 4.78 is 5.27. The van der Waals surface area contributed by atoms with Crippen molar-refractivity contribution in [2.45, 2.75) is 84.0 Å². The van der Waals surface area contributed by atoms with Crippen LogP contribution >= 0.6 is 0 Å². The lowest BCUT2D eigenvalue weighted by Crippen LogP contribution is -2.42. The highest BCUT2D eigenvalue weighted by molar-refractivity contribution is 5.68. The van der Waals surface area contributed by atoms with E-state index in [4.69, 9.17) is 4.74 Å². The third-order valence-electron chi connectivity index (χ3n) is 4.17. The Kier molecular flexibility index (Phi) is 3.83. The van der Waals surface area contributed by atoms with Gasteiger partial charge in [0, 0.05) is 18.1 Å². The summed E-state index contributed by atoms with van der Waals surface area (Å²) in [5.74, 6) is 0. The molecule has 0 heterocycles. The predicted molar refractivity (Wildman–Crippen MR) is 76.1 cm³/mol. The third-order valence-corrected chi connectivity index (χ3v) is 4.17. The lowest BCUT2D eigenvalue weighted by atomic mass is 9.87. The minimum Gasteiger partial charge on any atom is -0.444 e. The van der Waals surface area contributed by atoms with Crippen molar-refractivity contribution in [1.29, 1.82) is 0 Å². The fourth-order valence-electron chi connectivity index (χ4n) is 2.89. The van der Waals surface area contributed by atoms with E-state index in [2.05, 4.69) is 24.5 Å². The highest BCUT2D eigenvalue weighted by atomic mass is 16.6. The molecule has 2 aliphatic carbocycles.